The van der Waals surface area contributed by atoms with Crippen molar-refractivity contribution in [3.8, 4) is 0 Å². The van der Waals surface area contributed by atoms with Gasteiger partial charge >= 0.3 is 13.2 Å². The van der Waals surface area contributed by atoms with Crippen molar-refractivity contribution >= 4 is 30.1 Å². The molecule has 1 fully saturated rings. The third kappa shape index (κ3) is 5.46. The van der Waals surface area contributed by atoms with Crippen molar-refractivity contribution in [2.75, 3.05) is 6.54 Å². The molecule has 1 N–H and O–H groups in total. The molecular weight excluding hydrogens is 413 g/mol. The van der Waals surface area contributed by atoms with Crippen molar-refractivity contribution in [1.82, 2.24) is 5.32 Å². The Hall–Kier alpha value is -3.09. The van der Waals surface area contributed by atoms with E-state index in [1.54, 1.807) is 0 Å². The second kappa shape index (κ2) is 9.42. The number of carbonyl (C=O) groups is 1. The largest absolute Gasteiger partial charge is 0.492 e. The van der Waals surface area contributed by atoms with Crippen LogP contribution in [0.3, 0.4) is 0 Å². The monoisotopic (exact) mass is 443 g/mol. The van der Waals surface area contributed by atoms with Crippen molar-refractivity contribution in [2.45, 2.75) is 45.5 Å². The van der Waals surface area contributed by atoms with Gasteiger partial charge in [0.2, 0.25) is 0 Å². The molecule has 0 bridgehead atoms. The average Bonchev–Trinajstić information content (AvgIpc) is 3.02. The van der Waals surface area contributed by atoms with Crippen LogP contribution in [-0.2, 0) is 20.7 Å². The molecule has 1 aliphatic rings. The van der Waals surface area contributed by atoms with Gasteiger partial charge in [-0.15, -0.1) is 0 Å². The number of hydrogen-bond donors (Lipinski definition) is 1. The summed E-state index contributed by atoms with van der Waals surface area (Å²) in [5.74, 6) is 0. The molecule has 0 saturated carbocycles. The van der Waals surface area contributed by atoms with E-state index in [0.717, 1.165) is 22.0 Å². The second-order valence-corrected chi connectivity index (χ2v) is 9.33. The molecule has 1 saturated heterocycles. The molecule has 0 spiro atoms. The predicted molar refractivity (Wildman–Crippen MR) is 133 cm³/mol. The van der Waals surface area contributed by atoms with Crippen LogP contribution in [0.5, 0.6) is 0 Å². The van der Waals surface area contributed by atoms with Gasteiger partial charge in [0.1, 0.15) is 6.61 Å². The van der Waals surface area contributed by atoms with Crippen molar-refractivity contribution < 1.29 is 18.8 Å². The second-order valence-electron chi connectivity index (χ2n) is 9.33. The number of fused-ring (bicyclic) bond motifs is 1. The van der Waals surface area contributed by atoms with Gasteiger partial charge in [-0.3, -0.25) is 0 Å². The first-order valence-corrected chi connectivity index (χ1v) is 11.2. The molecule has 33 heavy (non-hydrogen) atoms. The van der Waals surface area contributed by atoms with Gasteiger partial charge in [0.15, 0.2) is 0 Å². The van der Waals surface area contributed by atoms with Crippen molar-refractivity contribution in [2.24, 2.45) is 0 Å². The summed E-state index contributed by atoms with van der Waals surface area (Å²) in [4.78, 5) is 12.4. The normalized spacial score (nSPS) is 17.2. The standard InChI is InChI=1S/C27H30BNO4/c1-26(2)27(3,4)33-28(32-26)24(17-21-14-15-22-12-8-9-13-23(22)16-21)18-29-25(30)31-19-20-10-6-5-7-11-20/h5-17H,18-19H2,1-4H3,(H,29,30). The maximum absolute atomic E-state index is 12.4. The Balaban J connectivity index is 1.52. The molecule has 0 aromatic heterocycles. The first kappa shape index (κ1) is 23.1. The van der Waals surface area contributed by atoms with Crippen LogP contribution < -0.4 is 5.32 Å². The minimum atomic E-state index is -0.573. The molecule has 0 unspecified atom stereocenters. The lowest BCUT2D eigenvalue weighted by molar-refractivity contribution is 0.00578. The van der Waals surface area contributed by atoms with E-state index < -0.39 is 24.4 Å². The highest BCUT2D eigenvalue weighted by Crippen LogP contribution is 2.38. The van der Waals surface area contributed by atoms with Crippen LogP contribution in [-0.4, -0.2) is 31.0 Å². The van der Waals surface area contributed by atoms with Crippen LogP contribution in [0.4, 0.5) is 4.79 Å². The molecule has 0 radical (unpaired) electrons. The van der Waals surface area contributed by atoms with E-state index >= 15 is 0 Å². The number of carbonyl (C=O) groups excluding carboxylic acids is 1. The lowest BCUT2D eigenvalue weighted by Gasteiger charge is -2.32. The first-order valence-electron chi connectivity index (χ1n) is 11.2. The van der Waals surface area contributed by atoms with E-state index in [4.69, 9.17) is 14.0 Å². The van der Waals surface area contributed by atoms with Crippen LogP contribution in [0.15, 0.2) is 78.3 Å². The summed E-state index contributed by atoms with van der Waals surface area (Å²) in [5, 5.41) is 5.18. The van der Waals surface area contributed by atoms with Gasteiger partial charge in [0.25, 0.3) is 0 Å². The van der Waals surface area contributed by atoms with Gasteiger partial charge < -0.3 is 19.4 Å². The van der Waals surface area contributed by atoms with Gasteiger partial charge in [-0.1, -0.05) is 72.8 Å². The van der Waals surface area contributed by atoms with Gasteiger partial charge in [-0.2, -0.15) is 0 Å². The van der Waals surface area contributed by atoms with Crippen LogP contribution in [0.25, 0.3) is 16.8 Å². The summed E-state index contributed by atoms with van der Waals surface area (Å²) >= 11 is 0. The number of hydrogen-bond acceptors (Lipinski definition) is 4. The van der Waals surface area contributed by atoms with E-state index in [1.165, 1.54) is 5.39 Å². The lowest BCUT2D eigenvalue weighted by Crippen LogP contribution is -2.41. The fourth-order valence-electron chi connectivity index (χ4n) is 3.66. The predicted octanol–water partition coefficient (Wildman–Crippen LogP) is 5.78. The van der Waals surface area contributed by atoms with Crippen LogP contribution in [0.2, 0.25) is 0 Å². The smallest absolute Gasteiger partial charge is 0.445 e. The van der Waals surface area contributed by atoms with Gasteiger partial charge in [0.05, 0.1) is 11.2 Å². The van der Waals surface area contributed by atoms with Gasteiger partial charge in [0, 0.05) is 6.54 Å². The Morgan fingerprint density at radius 1 is 0.909 bits per heavy atom. The van der Waals surface area contributed by atoms with E-state index in [2.05, 4.69) is 35.6 Å². The summed E-state index contributed by atoms with van der Waals surface area (Å²) in [6.45, 7) is 8.53. The molecule has 1 aliphatic heterocycles. The highest BCUT2D eigenvalue weighted by molar-refractivity contribution is 6.56. The van der Waals surface area contributed by atoms with Crippen LogP contribution in [0.1, 0.15) is 38.8 Å². The fourth-order valence-corrected chi connectivity index (χ4v) is 3.66. The van der Waals surface area contributed by atoms with E-state index in [1.807, 2.05) is 76.2 Å². The number of nitrogens with one attached hydrogen (secondary N) is 1. The average molecular weight is 443 g/mol. The SMILES string of the molecule is CC1(C)OB(C(=Cc2ccc3ccccc3c2)CNC(=O)OCc2ccccc2)OC1(C)C. The number of ether oxygens (including phenoxy) is 1. The van der Waals surface area contributed by atoms with Crippen LogP contribution >= 0.6 is 0 Å². The molecule has 1 heterocycles. The molecule has 4 rings (SSSR count). The molecular formula is C27H30BNO4. The van der Waals surface area contributed by atoms with E-state index in [0.29, 0.717) is 0 Å². The molecule has 6 heteroatoms. The van der Waals surface area contributed by atoms with Gasteiger partial charge in [-0.05, 0) is 61.1 Å². The Kier molecular flexibility index (Phi) is 6.59. The number of amides is 1. The molecule has 170 valence electrons. The zero-order valence-corrected chi connectivity index (χ0v) is 19.6. The number of rotatable bonds is 6. The van der Waals surface area contributed by atoms with Crippen molar-refractivity contribution in [3.05, 3.63) is 89.4 Å². The number of alkyl carbamates (subject to hydrolysis) is 1. The van der Waals surface area contributed by atoms with E-state index in [-0.39, 0.29) is 13.2 Å². The zero-order chi connectivity index (χ0) is 23.5. The lowest BCUT2D eigenvalue weighted by atomic mass is 9.77. The highest BCUT2D eigenvalue weighted by Gasteiger charge is 2.52. The fraction of sp³-hybridized carbons (Fsp3) is 0.296. The van der Waals surface area contributed by atoms with Gasteiger partial charge in [-0.25, -0.2) is 4.79 Å². The summed E-state index contributed by atoms with van der Waals surface area (Å²) in [6, 6.07) is 24.1. The quantitative estimate of drug-likeness (QED) is 0.491. The highest BCUT2D eigenvalue weighted by atomic mass is 16.7. The Morgan fingerprint density at radius 2 is 1.55 bits per heavy atom. The molecule has 0 atom stereocenters. The molecule has 0 aliphatic carbocycles. The summed E-state index contributed by atoms with van der Waals surface area (Å²) in [7, 11) is -0.573. The minimum absolute atomic E-state index is 0.215. The summed E-state index contributed by atoms with van der Waals surface area (Å²) in [6.07, 6.45) is 1.53. The molecule has 3 aromatic rings. The topological polar surface area (TPSA) is 56.8 Å². The minimum Gasteiger partial charge on any atom is -0.445 e. The van der Waals surface area contributed by atoms with Crippen molar-refractivity contribution in [1.29, 1.82) is 0 Å². The Labute approximate surface area is 195 Å². The Bertz CT molecular complexity index is 1140. The molecule has 5 nitrogen and oxygen atoms in total. The summed E-state index contributed by atoms with van der Waals surface area (Å²) < 4.78 is 17.9. The first-order chi connectivity index (χ1) is 15.7. The zero-order valence-electron chi connectivity index (χ0n) is 19.6. The Morgan fingerprint density at radius 3 is 2.24 bits per heavy atom. The third-order valence-electron chi connectivity index (χ3n) is 6.33. The maximum atomic E-state index is 12.4. The maximum Gasteiger partial charge on any atom is 0.492 e. The van der Waals surface area contributed by atoms with Crippen LogP contribution in [0, 0.1) is 0 Å². The van der Waals surface area contributed by atoms with E-state index in [9.17, 15) is 4.79 Å². The third-order valence-corrected chi connectivity index (χ3v) is 6.33. The molecule has 3 aromatic carbocycles. The molecule has 1 amide bonds. The summed E-state index contributed by atoms with van der Waals surface area (Å²) in [5.41, 5.74) is 1.81. The van der Waals surface area contributed by atoms with Crippen molar-refractivity contribution in [3.63, 3.8) is 0 Å². The number of benzene rings is 3.